The summed E-state index contributed by atoms with van der Waals surface area (Å²) in [7, 11) is -3.79. The maximum atomic E-state index is 7.18. The van der Waals surface area contributed by atoms with Gasteiger partial charge in [-0.25, -0.2) is 0 Å². The molecule has 2 aliphatic heterocycles. The van der Waals surface area contributed by atoms with Crippen molar-refractivity contribution in [2.75, 3.05) is 19.8 Å². The van der Waals surface area contributed by atoms with Gasteiger partial charge in [0.15, 0.2) is 16.6 Å². The zero-order valence-corrected chi connectivity index (χ0v) is 29.2. The van der Waals surface area contributed by atoms with Crippen molar-refractivity contribution in [3.8, 4) is 0 Å². The molecule has 224 valence electrons. The Morgan fingerprint density at radius 1 is 0.949 bits per heavy atom. The topological polar surface area (TPSA) is 53.7 Å². The van der Waals surface area contributed by atoms with Crippen LogP contribution in [0.25, 0.3) is 0 Å². The number of hydrogen-bond donors (Lipinski definition) is 1. The Balaban J connectivity index is 1.91. The Hall–Kier alpha value is -0.506. The number of fused-ring (bicyclic) bond motifs is 2. The molecule has 39 heavy (non-hydrogen) atoms. The van der Waals surface area contributed by atoms with E-state index in [1.54, 1.807) is 5.57 Å². The maximum Gasteiger partial charge on any atom is 0.192 e. The van der Waals surface area contributed by atoms with E-state index in [9.17, 15) is 0 Å². The first kappa shape index (κ1) is 33.0. The summed E-state index contributed by atoms with van der Waals surface area (Å²) in [6.07, 6.45) is 19.8. The Morgan fingerprint density at radius 3 is 1.92 bits per heavy atom. The van der Waals surface area contributed by atoms with Crippen LogP contribution in [0.1, 0.15) is 99.3 Å². The van der Waals surface area contributed by atoms with Gasteiger partial charge in [0, 0.05) is 6.54 Å². The number of nitrogens with two attached hydrogens (primary N) is 1. The van der Waals surface area contributed by atoms with Crippen LogP contribution in [-0.4, -0.2) is 47.6 Å². The molecule has 6 heteroatoms. The summed E-state index contributed by atoms with van der Waals surface area (Å²) in [5.74, 6) is 0.430. The van der Waals surface area contributed by atoms with Gasteiger partial charge in [-0.15, -0.1) is 0 Å². The Bertz CT molecular complexity index is 878. The summed E-state index contributed by atoms with van der Waals surface area (Å²) in [5, 5.41) is 0.364. The summed E-state index contributed by atoms with van der Waals surface area (Å²) in [5.41, 5.74) is 8.51. The average Bonchev–Trinajstić information content (AvgIpc) is 3.12. The molecule has 1 aliphatic carbocycles. The van der Waals surface area contributed by atoms with Crippen LogP contribution in [0.5, 0.6) is 0 Å². The van der Waals surface area contributed by atoms with Gasteiger partial charge in [0.1, 0.15) is 0 Å². The highest BCUT2D eigenvalue weighted by molar-refractivity contribution is 6.74. The fourth-order valence-corrected chi connectivity index (χ4v) is 7.92. The van der Waals surface area contributed by atoms with Crippen molar-refractivity contribution in [3.63, 3.8) is 0 Å². The van der Waals surface area contributed by atoms with E-state index in [1.165, 1.54) is 31.3 Å². The monoisotopic (exact) mass is 575 g/mol. The van der Waals surface area contributed by atoms with Gasteiger partial charge in [-0.05, 0) is 106 Å². The highest BCUT2D eigenvalue weighted by Gasteiger charge is 2.57. The van der Waals surface area contributed by atoms with E-state index < -0.39 is 16.6 Å². The van der Waals surface area contributed by atoms with Gasteiger partial charge in [-0.2, -0.15) is 0 Å². The minimum Gasteiger partial charge on any atom is -0.414 e. The molecule has 2 bridgehead atoms. The zero-order chi connectivity index (χ0) is 29.2. The van der Waals surface area contributed by atoms with Gasteiger partial charge in [0.05, 0.1) is 24.4 Å². The maximum absolute atomic E-state index is 7.18. The van der Waals surface area contributed by atoms with Crippen LogP contribution in [0.2, 0.25) is 36.3 Å². The number of allylic oxidation sites excluding steroid dienone is 5. The molecule has 2 saturated heterocycles. The molecule has 2 fully saturated rings. The number of ether oxygens (including phenoxy) is 1. The third-order valence-electron chi connectivity index (χ3n) is 10.6. The van der Waals surface area contributed by atoms with Crippen molar-refractivity contribution >= 4 is 16.6 Å². The fourth-order valence-electron chi connectivity index (χ4n) is 5.80. The van der Waals surface area contributed by atoms with Crippen molar-refractivity contribution in [2.24, 2.45) is 11.7 Å². The van der Waals surface area contributed by atoms with E-state index in [0.717, 1.165) is 32.1 Å². The molecule has 0 aromatic rings. The van der Waals surface area contributed by atoms with Crippen LogP contribution in [0.15, 0.2) is 35.5 Å². The SMILES string of the molecule is CC(C)(C)[Si](C)(C)OC[C@@]12CC[C@@](CO[Si](C)(C)C(C)(C)C)(C[C@H](C(/C=C\CN)=C/CC3=CCCCC3)C1)O2. The van der Waals surface area contributed by atoms with Crippen molar-refractivity contribution < 1.29 is 13.6 Å². The number of hydrogen-bond acceptors (Lipinski definition) is 4. The molecule has 3 rings (SSSR count). The van der Waals surface area contributed by atoms with E-state index in [-0.39, 0.29) is 21.3 Å². The lowest BCUT2D eigenvalue weighted by atomic mass is 9.78. The van der Waals surface area contributed by atoms with Crippen LogP contribution < -0.4 is 5.73 Å². The molecule has 0 aromatic heterocycles. The van der Waals surface area contributed by atoms with E-state index in [2.05, 4.69) is 92.0 Å². The lowest BCUT2D eigenvalue weighted by molar-refractivity contribution is -0.178. The second kappa shape index (κ2) is 12.4. The van der Waals surface area contributed by atoms with Crippen molar-refractivity contribution in [2.45, 2.75) is 147 Å². The minimum absolute atomic E-state index is 0.182. The Labute approximate surface area is 243 Å². The molecule has 2 heterocycles. The van der Waals surface area contributed by atoms with Crippen LogP contribution in [0.4, 0.5) is 0 Å². The molecule has 0 saturated carbocycles. The summed E-state index contributed by atoms with van der Waals surface area (Å²) < 4.78 is 20.9. The average molecular weight is 576 g/mol. The molecule has 4 nitrogen and oxygen atoms in total. The van der Waals surface area contributed by atoms with Crippen molar-refractivity contribution in [3.05, 3.63) is 35.5 Å². The normalized spacial score (nSPS) is 29.3. The minimum atomic E-state index is -1.90. The quantitative estimate of drug-likeness (QED) is 0.152. The largest absolute Gasteiger partial charge is 0.414 e. The summed E-state index contributed by atoms with van der Waals surface area (Å²) in [4.78, 5) is 0. The molecule has 3 aliphatic rings. The lowest BCUT2D eigenvalue weighted by Gasteiger charge is -2.48. The van der Waals surface area contributed by atoms with Crippen LogP contribution in [-0.2, 0) is 13.6 Å². The highest BCUT2D eigenvalue weighted by Crippen LogP contribution is 2.54. The lowest BCUT2D eigenvalue weighted by Crippen LogP contribution is -2.53. The molecule has 0 spiro atoms. The first-order chi connectivity index (χ1) is 17.9. The fraction of sp³-hybridized carbons (Fsp3) is 0.818. The van der Waals surface area contributed by atoms with Crippen LogP contribution in [0, 0.1) is 5.92 Å². The Morgan fingerprint density at radius 2 is 1.49 bits per heavy atom. The molecular weight excluding hydrogens is 515 g/mol. The van der Waals surface area contributed by atoms with E-state index >= 15 is 0 Å². The standard InChI is InChI=1S/C33H61NO3Si2/c1-30(2,3)38(7,8)35-25-32-20-21-33(37-32,26-36-39(9,10)31(4,5)6)24-29(23-32)28(17-14-22-34)19-18-27-15-12-11-13-16-27/h14-15,17,19,29H,11-13,16,18,20-26,34H2,1-10H3/b17-14-,28-19+/t29-,32-,33+. The first-order valence-electron chi connectivity index (χ1n) is 15.7. The van der Waals surface area contributed by atoms with E-state index in [0.29, 0.717) is 25.7 Å². The molecule has 3 atom stereocenters. The van der Waals surface area contributed by atoms with E-state index in [4.69, 9.17) is 19.3 Å². The van der Waals surface area contributed by atoms with Gasteiger partial charge in [-0.1, -0.05) is 71.4 Å². The molecule has 0 aromatic carbocycles. The second-order valence-electron chi connectivity index (χ2n) is 15.8. The Kier molecular flexibility index (Phi) is 10.5. The van der Waals surface area contributed by atoms with E-state index in [1.807, 2.05) is 0 Å². The molecule has 0 radical (unpaired) electrons. The molecular formula is C33H61NO3Si2. The molecule has 2 N–H and O–H groups in total. The first-order valence-corrected chi connectivity index (χ1v) is 21.5. The van der Waals surface area contributed by atoms with Crippen molar-refractivity contribution in [1.29, 1.82) is 0 Å². The van der Waals surface area contributed by atoms with Gasteiger partial charge in [0.25, 0.3) is 0 Å². The van der Waals surface area contributed by atoms with Gasteiger partial charge >= 0.3 is 0 Å². The smallest absolute Gasteiger partial charge is 0.192 e. The van der Waals surface area contributed by atoms with Gasteiger partial charge < -0.3 is 19.3 Å². The predicted molar refractivity (Wildman–Crippen MR) is 172 cm³/mol. The summed E-state index contributed by atoms with van der Waals surface area (Å²) in [6, 6.07) is 0. The van der Waals surface area contributed by atoms with Crippen molar-refractivity contribution in [1.82, 2.24) is 0 Å². The third kappa shape index (κ3) is 8.29. The van der Waals surface area contributed by atoms with Gasteiger partial charge in [-0.3, -0.25) is 0 Å². The van der Waals surface area contributed by atoms with Crippen LogP contribution >= 0.6 is 0 Å². The highest BCUT2D eigenvalue weighted by atomic mass is 28.4. The third-order valence-corrected chi connectivity index (χ3v) is 19.6. The zero-order valence-electron chi connectivity index (χ0n) is 27.2. The molecule has 0 unspecified atom stereocenters. The second-order valence-corrected chi connectivity index (χ2v) is 25.4. The molecule has 0 amide bonds. The summed E-state index contributed by atoms with van der Waals surface area (Å²) >= 11 is 0. The summed E-state index contributed by atoms with van der Waals surface area (Å²) in [6.45, 7) is 25.4. The van der Waals surface area contributed by atoms with Crippen LogP contribution in [0.3, 0.4) is 0 Å². The number of rotatable bonds is 11. The predicted octanol–water partition coefficient (Wildman–Crippen LogP) is 9.06. The van der Waals surface area contributed by atoms with Gasteiger partial charge in [0.2, 0.25) is 0 Å².